The second kappa shape index (κ2) is 7.99. The van der Waals surface area contributed by atoms with Crippen LogP contribution >= 0.6 is 15.9 Å². The maximum atomic E-state index is 11.6. The maximum Gasteiger partial charge on any atom is 0.163 e. The van der Waals surface area contributed by atoms with E-state index in [2.05, 4.69) is 40.2 Å². The fraction of sp³-hybridized carbons (Fsp3) is 0.278. The first-order chi connectivity index (χ1) is 10.2. The summed E-state index contributed by atoms with van der Waals surface area (Å²) in [5.74, 6) is 0.695. The van der Waals surface area contributed by atoms with E-state index in [9.17, 15) is 4.79 Å². The zero-order valence-corrected chi connectivity index (χ0v) is 13.7. The highest BCUT2D eigenvalue weighted by molar-refractivity contribution is 9.10. The summed E-state index contributed by atoms with van der Waals surface area (Å²) in [6.45, 7) is 2.19. The number of unbranched alkanes of at least 4 members (excludes halogenated alkanes) is 1. The molecule has 0 amide bonds. The molecule has 2 nitrogen and oxygen atoms in total. The lowest BCUT2D eigenvalue weighted by atomic mass is 10.1. The molecule has 0 unspecified atom stereocenters. The van der Waals surface area contributed by atoms with Crippen molar-refractivity contribution in [2.45, 2.75) is 26.2 Å². The van der Waals surface area contributed by atoms with Crippen molar-refractivity contribution < 1.29 is 9.53 Å². The Morgan fingerprint density at radius 3 is 2.57 bits per heavy atom. The molecule has 0 heterocycles. The molecule has 0 spiro atoms. The number of ketones is 1. The molecule has 0 saturated carbocycles. The number of carbonyl (C=O) groups excluding carboxylic acids is 1. The van der Waals surface area contributed by atoms with Gasteiger partial charge in [0.25, 0.3) is 0 Å². The van der Waals surface area contributed by atoms with Crippen LogP contribution in [-0.4, -0.2) is 12.4 Å². The second-order valence-corrected chi connectivity index (χ2v) is 5.90. The van der Waals surface area contributed by atoms with E-state index in [-0.39, 0.29) is 5.78 Å². The molecule has 0 aliphatic heterocycles. The highest BCUT2D eigenvalue weighted by Crippen LogP contribution is 2.24. The van der Waals surface area contributed by atoms with Crippen LogP contribution in [0, 0.1) is 0 Å². The summed E-state index contributed by atoms with van der Waals surface area (Å²) >= 11 is 3.38. The zero-order chi connectivity index (χ0) is 15.1. The van der Waals surface area contributed by atoms with Crippen LogP contribution in [0.1, 0.15) is 35.7 Å². The third-order valence-electron chi connectivity index (χ3n) is 3.28. The smallest absolute Gasteiger partial charge is 0.163 e. The number of rotatable bonds is 7. The highest BCUT2D eigenvalue weighted by atomic mass is 79.9. The zero-order valence-electron chi connectivity index (χ0n) is 12.1. The lowest BCUT2D eigenvalue weighted by Crippen LogP contribution is -2.03. The summed E-state index contributed by atoms with van der Waals surface area (Å²) < 4.78 is 6.64. The van der Waals surface area contributed by atoms with Crippen LogP contribution in [0.15, 0.2) is 53.0 Å². The largest absolute Gasteiger partial charge is 0.493 e. The molecular formula is C18H19BrO2. The van der Waals surface area contributed by atoms with E-state index in [0.29, 0.717) is 17.9 Å². The maximum absolute atomic E-state index is 11.6. The number of Topliss-reactive ketones (excluding diaryl/α,β-unsaturated/α-hetero) is 1. The van der Waals surface area contributed by atoms with Gasteiger partial charge in [-0.2, -0.15) is 0 Å². The van der Waals surface area contributed by atoms with E-state index in [0.717, 1.165) is 23.7 Å². The minimum Gasteiger partial charge on any atom is -0.493 e. The van der Waals surface area contributed by atoms with Gasteiger partial charge in [-0.1, -0.05) is 46.3 Å². The highest BCUT2D eigenvalue weighted by Gasteiger charge is 2.08. The van der Waals surface area contributed by atoms with E-state index in [1.54, 1.807) is 6.92 Å². The average molecular weight is 347 g/mol. The van der Waals surface area contributed by atoms with Gasteiger partial charge >= 0.3 is 0 Å². The van der Waals surface area contributed by atoms with Gasteiger partial charge < -0.3 is 4.74 Å². The summed E-state index contributed by atoms with van der Waals surface area (Å²) in [7, 11) is 0. The van der Waals surface area contributed by atoms with Gasteiger partial charge in [0.2, 0.25) is 0 Å². The van der Waals surface area contributed by atoms with Gasteiger partial charge in [0.1, 0.15) is 5.75 Å². The van der Waals surface area contributed by atoms with Crippen molar-refractivity contribution in [2.75, 3.05) is 6.61 Å². The number of aryl methyl sites for hydroxylation is 1. The Kier molecular flexibility index (Phi) is 6.00. The molecule has 0 N–H and O–H groups in total. The van der Waals surface area contributed by atoms with Crippen molar-refractivity contribution in [3.8, 4) is 5.75 Å². The second-order valence-electron chi connectivity index (χ2n) is 4.99. The van der Waals surface area contributed by atoms with E-state index in [1.165, 1.54) is 5.56 Å². The van der Waals surface area contributed by atoms with Gasteiger partial charge in [0.15, 0.2) is 5.78 Å². The third kappa shape index (κ3) is 5.01. The molecule has 0 saturated heterocycles. The molecule has 21 heavy (non-hydrogen) atoms. The molecule has 2 aromatic carbocycles. The van der Waals surface area contributed by atoms with Gasteiger partial charge in [-0.05, 0) is 49.9 Å². The minimum absolute atomic E-state index is 0.0237. The van der Waals surface area contributed by atoms with E-state index in [4.69, 9.17) is 4.74 Å². The Morgan fingerprint density at radius 1 is 1.10 bits per heavy atom. The fourth-order valence-corrected chi connectivity index (χ4v) is 2.52. The topological polar surface area (TPSA) is 26.3 Å². The molecule has 2 rings (SSSR count). The van der Waals surface area contributed by atoms with Gasteiger partial charge in [0.05, 0.1) is 12.2 Å². The fourth-order valence-electron chi connectivity index (χ4n) is 2.16. The van der Waals surface area contributed by atoms with Crippen molar-refractivity contribution >= 4 is 21.7 Å². The molecule has 3 heteroatoms. The Balaban J connectivity index is 1.80. The Morgan fingerprint density at radius 2 is 1.86 bits per heavy atom. The quantitative estimate of drug-likeness (QED) is 0.517. The monoisotopic (exact) mass is 346 g/mol. The predicted octanol–water partition coefficient (Wildman–Crippen LogP) is 5.05. The lowest BCUT2D eigenvalue weighted by molar-refractivity contribution is 0.101. The first kappa shape index (κ1) is 15.8. The first-order valence-corrected chi connectivity index (χ1v) is 7.93. The number of hydrogen-bond donors (Lipinski definition) is 0. The molecule has 110 valence electrons. The molecule has 0 aromatic heterocycles. The van der Waals surface area contributed by atoms with Gasteiger partial charge in [0, 0.05) is 4.47 Å². The van der Waals surface area contributed by atoms with Gasteiger partial charge in [-0.25, -0.2) is 0 Å². The lowest BCUT2D eigenvalue weighted by Gasteiger charge is -2.10. The Labute approximate surface area is 134 Å². The van der Waals surface area contributed by atoms with Gasteiger partial charge in [-0.3, -0.25) is 4.79 Å². The van der Waals surface area contributed by atoms with Crippen molar-refractivity contribution in [2.24, 2.45) is 0 Å². The summed E-state index contributed by atoms with van der Waals surface area (Å²) in [6.07, 6.45) is 3.11. The number of benzene rings is 2. The minimum atomic E-state index is 0.0237. The van der Waals surface area contributed by atoms with Crippen LogP contribution < -0.4 is 4.74 Å². The van der Waals surface area contributed by atoms with Crippen LogP contribution in [0.5, 0.6) is 5.75 Å². The number of hydrogen-bond acceptors (Lipinski definition) is 2. The first-order valence-electron chi connectivity index (χ1n) is 7.14. The van der Waals surface area contributed by atoms with Crippen LogP contribution in [-0.2, 0) is 6.42 Å². The Hall–Kier alpha value is -1.61. The van der Waals surface area contributed by atoms with Crippen molar-refractivity contribution in [1.29, 1.82) is 0 Å². The van der Waals surface area contributed by atoms with E-state index >= 15 is 0 Å². The number of carbonyl (C=O) groups is 1. The molecule has 0 fully saturated rings. The van der Waals surface area contributed by atoms with E-state index < -0.39 is 0 Å². The van der Waals surface area contributed by atoms with E-state index in [1.807, 2.05) is 24.3 Å². The van der Waals surface area contributed by atoms with Gasteiger partial charge in [-0.15, -0.1) is 0 Å². The number of ether oxygens (including phenoxy) is 1. The standard InChI is InChI=1S/C18H19BrO2/c1-14(20)17-13-16(19)10-11-18(17)21-12-6-5-9-15-7-3-2-4-8-15/h2-4,7-8,10-11,13H,5-6,9,12H2,1H3. The summed E-state index contributed by atoms with van der Waals surface area (Å²) in [5, 5.41) is 0. The number of halogens is 1. The van der Waals surface area contributed by atoms with Crippen LogP contribution in [0.25, 0.3) is 0 Å². The molecule has 0 radical (unpaired) electrons. The van der Waals surface area contributed by atoms with Crippen LogP contribution in [0.4, 0.5) is 0 Å². The van der Waals surface area contributed by atoms with Crippen LogP contribution in [0.2, 0.25) is 0 Å². The third-order valence-corrected chi connectivity index (χ3v) is 3.77. The van der Waals surface area contributed by atoms with Crippen LogP contribution in [0.3, 0.4) is 0 Å². The molecule has 0 aliphatic rings. The molecule has 2 aromatic rings. The normalized spacial score (nSPS) is 10.4. The predicted molar refractivity (Wildman–Crippen MR) is 89.0 cm³/mol. The summed E-state index contributed by atoms with van der Waals surface area (Å²) in [5.41, 5.74) is 1.98. The SMILES string of the molecule is CC(=O)c1cc(Br)ccc1OCCCCc1ccccc1. The van der Waals surface area contributed by atoms with Crippen molar-refractivity contribution in [3.63, 3.8) is 0 Å². The molecular weight excluding hydrogens is 328 g/mol. The molecule has 0 aliphatic carbocycles. The summed E-state index contributed by atoms with van der Waals surface area (Å²) in [4.78, 5) is 11.6. The Bertz CT molecular complexity index is 593. The average Bonchev–Trinajstić information content (AvgIpc) is 2.49. The molecule has 0 bridgehead atoms. The van der Waals surface area contributed by atoms with Crippen molar-refractivity contribution in [3.05, 3.63) is 64.1 Å². The summed E-state index contributed by atoms with van der Waals surface area (Å²) in [6, 6.07) is 16.0. The van der Waals surface area contributed by atoms with Crippen molar-refractivity contribution in [1.82, 2.24) is 0 Å². The molecule has 0 atom stereocenters.